The van der Waals surface area contributed by atoms with Crippen LogP contribution in [0.2, 0.25) is 0 Å². The van der Waals surface area contributed by atoms with Crippen molar-refractivity contribution in [2.75, 3.05) is 6.54 Å². The monoisotopic (exact) mass is 299 g/mol. The van der Waals surface area contributed by atoms with Crippen LogP contribution in [0, 0.1) is 12.7 Å². The van der Waals surface area contributed by atoms with Crippen LogP contribution in [0.25, 0.3) is 6.08 Å². The molecule has 0 unspecified atom stereocenters. The molecule has 0 aliphatic heterocycles. The predicted molar refractivity (Wildman–Crippen MR) is 84.8 cm³/mol. The number of halogens is 1. The molecule has 0 saturated carbocycles. The first-order valence-corrected chi connectivity index (χ1v) is 7.02. The van der Waals surface area contributed by atoms with Crippen LogP contribution in [0.15, 0.2) is 54.6 Å². The maximum absolute atomic E-state index is 13.1. The molecule has 0 atom stereocenters. The normalized spacial score (nSPS) is 10.6. The van der Waals surface area contributed by atoms with Crippen LogP contribution in [0.4, 0.5) is 9.18 Å². The van der Waals surface area contributed by atoms with Crippen molar-refractivity contribution in [1.82, 2.24) is 5.32 Å². The van der Waals surface area contributed by atoms with Crippen LogP contribution in [-0.4, -0.2) is 12.6 Å². The van der Waals surface area contributed by atoms with Crippen LogP contribution in [0.5, 0.6) is 0 Å². The van der Waals surface area contributed by atoms with E-state index in [9.17, 15) is 9.18 Å². The zero-order valence-corrected chi connectivity index (χ0v) is 12.4. The molecule has 0 saturated heterocycles. The summed E-state index contributed by atoms with van der Waals surface area (Å²) in [5.41, 5.74) is 2.70. The van der Waals surface area contributed by atoms with E-state index in [1.54, 1.807) is 18.2 Å². The quantitative estimate of drug-likeness (QED) is 0.903. The number of ether oxygens (including phenoxy) is 1. The highest BCUT2D eigenvalue weighted by atomic mass is 19.1. The van der Waals surface area contributed by atoms with E-state index in [0.717, 1.165) is 16.7 Å². The van der Waals surface area contributed by atoms with Gasteiger partial charge in [0.1, 0.15) is 12.4 Å². The molecule has 0 heterocycles. The molecular formula is C18H18FNO2. The lowest BCUT2D eigenvalue weighted by molar-refractivity contribution is 0.141. The van der Waals surface area contributed by atoms with Crippen LogP contribution < -0.4 is 5.32 Å². The predicted octanol–water partition coefficient (Wildman–Crippen LogP) is 4.07. The molecular weight excluding hydrogens is 281 g/mol. The molecule has 0 aliphatic carbocycles. The molecule has 0 aliphatic rings. The van der Waals surface area contributed by atoms with Crippen molar-refractivity contribution in [2.45, 2.75) is 13.5 Å². The fraction of sp³-hybridized carbons (Fsp3) is 0.167. The average Bonchev–Trinajstić information content (AvgIpc) is 2.53. The SMILES string of the molecule is Cc1ccc(F)cc1C=CCNC(=O)OCc1ccccc1. The number of hydrogen-bond acceptors (Lipinski definition) is 2. The summed E-state index contributed by atoms with van der Waals surface area (Å²) in [6.45, 7) is 2.46. The molecule has 0 radical (unpaired) electrons. The van der Waals surface area contributed by atoms with Gasteiger partial charge in [0.25, 0.3) is 0 Å². The lowest BCUT2D eigenvalue weighted by Gasteiger charge is -2.05. The number of amides is 1. The van der Waals surface area contributed by atoms with Crippen LogP contribution in [-0.2, 0) is 11.3 Å². The summed E-state index contributed by atoms with van der Waals surface area (Å²) in [6.07, 6.45) is 3.05. The molecule has 0 bridgehead atoms. The van der Waals surface area contributed by atoms with Gasteiger partial charge in [0.15, 0.2) is 0 Å². The minimum Gasteiger partial charge on any atom is -0.445 e. The Morgan fingerprint density at radius 2 is 2.00 bits per heavy atom. The lowest BCUT2D eigenvalue weighted by atomic mass is 10.1. The second-order valence-electron chi connectivity index (χ2n) is 4.85. The van der Waals surface area contributed by atoms with Gasteiger partial charge in [-0.15, -0.1) is 0 Å². The Hall–Kier alpha value is -2.62. The minimum absolute atomic E-state index is 0.236. The smallest absolute Gasteiger partial charge is 0.407 e. The molecule has 1 amide bonds. The summed E-state index contributed by atoms with van der Waals surface area (Å²) < 4.78 is 18.2. The topological polar surface area (TPSA) is 38.3 Å². The Kier molecular flexibility index (Phi) is 5.72. The van der Waals surface area contributed by atoms with Crippen LogP contribution >= 0.6 is 0 Å². The van der Waals surface area contributed by atoms with Gasteiger partial charge in [-0.1, -0.05) is 48.6 Å². The van der Waals surface area contributed by atoms with E-state index in [2.05, 4.69) is 5.32 Å². The van der Waals surface area contributed by atoms with Gasteiger partial charge in [-0.05, 0) is 35.7 Å². The van der Waals surface area contributed by atoms with Crippen molar-refractivity contribution in [2.24, 2.45) is 0 Å². The maximum Gasteiger partial charge on any atom is 0.407 e. The van der Waals surface area contributed by atoms with E-state index in [4.69, 9.17) is 4.74 Å². The van der Waals surface area contributed by atoms with Gasteiger partial charge in [-0.2, -0.15) is 0 Å². The molecule has 4 heteroatoms. The molecule has 22 heavy (non-hydrogen) atoms. The zero-order valence-electron chi connectivity index (χ0n) is 12.4. The summed E-state index contributed by atoms with van der Waals surface area (Å²) in [5, 5.41) is 2.62. The van der Waals surface area contributed by atoms with Crippen molar-refractivity contribution in [1.29, 1.82) is 0 Å². The highest BCUT2D eigenvalue weighted by molar-refractivity contribution is 5.67. The first kappa shape index (κ1) is 15.8. The van der Waals surface area contributed by atoms with Crippen molar-refractivity contribution >= 4 is 12.2 Å². The molecule has 1 N–H and O–H groups in total. The molecule has 0 spiro atoms. The van der Waals surface area contributed by atoms with E-state index < -0.39 is 6.09 Å². The Bertz CT molecular complexity index is 653. The van der Waals surface area contributed by atoms with Crippen LogP contribution in [0.3, 0.4) is 0 Å². The number of carbonyl (C=O) groups is 1. The number of rotatable bonds is 5. The van der Waals surface area contributed by atoms with E-state index in [0.29, 0.717) is 6.54 Å². The molecule has 2 aromatic carbocycles. The van der Waals surface area contributed by atoms with Gasteiger partial charge in [0, 0.05) is 6.54 Å². The molecule has 0 fully saturated rings. The van der Waals surface area contributed by atoms with Gasteiger partial charge >= 0.3 is 6.09 Å². The Labute approximate surface area is 129 Å². The van der Waals surface area contributed by atoms with Gasteiger partial charge in [-0.25, -0.2) is 9.18 Å². The maximum atomic E-state index is 13.1. The fourth-order valence-corrected chi connectivity index (χ4v) is 1.89. The highest BCUT2D eigenvalue weighted by Gasteiger charge is 2.00. The second kappa shape index (κ2) is 7.98. The van der Waals surface area contributed by atoms with Crippen molar-refractivity contribution in [3.63, 3.8) is 0 Å². The first-order chi connectivity index (χ1) is 10.6. The fourth-order valence-electron chi connectivity index (χ4n) is 1.89. The summed E-state index contributed by atoms with van der Waals surface area (Å²) in [4.78, 5) is 11.5. The number of hydrogen-bond donors (Lipinski definition) is 1. The van der Waals surface area contributed by atoms with Crippen molar-refractivity contribution in [3.05, 3.63) is 77.1 Å². The largest absolute Gasteiger partial charge is 0.445 e. The summed E-state index contributed by atoms with van der Waals surface area (Å²) in [7, 11) is 0. The molecule has 0 aromatic heterocycles. The number of nitrogens with one attached hydrogen (secondary N) is 1. The lowest BCUT2D eigenvalue weighted by Crippen LogP contribution is -2.24. The van der Waals surface area contributed by atoms with Gasteiger partial charge in [0.05, 0.1) is 0 Å². The van der Waals surface area contributed by atoms with E-state index in [-0.39, 0.29) is 12.4 Å². The second-order valence-corrected chi connectivity index (χ2v) is 4.85. The number of aryl methyl sites for hydroxylation is 1. The average molecular weight is 299 g/mol. The van der Waals surface area contributed by atoms with Crippen LogP contribution in [0.1, 0.15) is 16.7 Å². The van der Waals surface area contributed by atoms with E-state index in [1.165, 1.54) is 12.1 Å². The Morgan fingerprint density at radius 3 is 2.77 bits per heavy atom. The summed E-state index contributed by atoms with van der Waals surface area (Å²) in [5.74, 6) is -0.277. The van der Waals surface area contributed by atoms with Crippen molar-refractivity contribution < 1.29 is 13.9 Å². The number of benzene rings is 2. The Balaban J connectivity index is 1.75. The minimum atomic E-state index is -0.482. The summed E-state index contributed by atoms with van der Waals surface area (Å²) >= 11 is 0. The van der Waals surface area contributed by atoms with Crippen molar-refractivity contribution in [3.8, 4) is 0 Å². The number of alkyl carbamates (subject to hydrolysis) is 1. The number of carbonyl (C=O) groups excluding carboxylic acids is 1. The third kappa shape index (κ3) is 5.05. The van der Waals surface area contributed by atoms with Gasteiger partial charge in [0.2, 0.25) is 0 Å². The third-order valence-corrected chi connectivity index (χ3v) is 3.12. The molecule has 114 valence electrons. The first-order valence-electron chi connectivity index (χ1n) is 7.02. The van der Waals surface area contributed by atoms with E-state index in [1.807, 2.05) is 37.3 Å². The third-order valence-electron chi connectivity index (χ3n) is 3.12. The molecule has 2 aromatic rings. The molecule has 3 nitrogen and oxygen atoms in total. The van der Waals surface area contributed by atoms with Gasteiger partial charge in [-0.3, -0.25) is 0 Å². The van der Waals surface area contributed by atoms with Gasteiger partial charge < -0.3 is 10.1 Å². The summed E-state index contributed by atoms with van der Waals surface area (Å²) in [6, 6.07) is 14.1. The zero-order chi connectivity index (χ0) is 15.8. The van der Waals surface area contributed by atoms with E-state index >= 15 is 0 Å². The Morgan fingerprint density at radius 1 is 1.23 bits per heavy atom. The standard InChI is InChI=1S/C18H18FNO2/c1-14-9-10-17(19)12-16(14)8-5-11-20-18(21)22-13-15-6-3-2-4-7-15/h2-10,12H,11,13H2,1H3,(H,20,21). The highest BCUT2D eigenvalue weighted by Crippen LogP contribution is 2.11. The molecule has 2 rings (SSSR count).